The molecule has 0 amide bonds. The minimum absolute atomic E-state index is 0.0585. The minimum Gasteiger partial charge on any atom is -0.478 e. The highest BCUT2D eigenvalue weighted by Gasteiger charge is 2.55. The molecule has 2 aromatic rings. The van der Waals surface area contributed by atoms with E-state index in [9.17, 15) is 19.2 Å². The van der Waals surface area contributed by atoms with Crippen LogP contribution < -0.4 is 4.74 Å². The van der Waals surface area contributed by atoms with Gasteiger partial charge in [0.1, 0.15) is 17.3 Å². The maximum absolute atomic E-state index is 12.3. The Balaban J connectivity index is 2.02. The molecule has 0 radical (unpaired) electrons. The Hall–Kier alpha value is -3.28. The van der Waals surface area contributed by atoms with Gasteiger partial charge in [0.25, 0.3) is 6.47 Å². The Morgan fingerprint density at radius 2 is 1.25 bits per heavy atom. The van der Waals surface area contributed by atoms with Gasteiger partial charge < -0.3 is 9.84 Å². The molecule has 0 aromatic heterocycles. The van der Waals surface area contributed by atoms with Crippen LogP contribution in [0.4, 0.5) is 0 Å². The molecule has 3 rings (SSSR count). The first-order chi connectivity index (χ1) is 13.3. The normalized spacial score (nSPS) is 23.4. The zero-order valence-corrected chi connectivity index (χ0v) is 15.5. The Bertz CT molecular complexity index is 913. The summed E-state index contributed by atoms with van der Waals surface area (Å²) in [6, 6.07) is 13.3. The highest BCUT2D eigenvalue weighted by Crippen LogP contribution is 2.58. The summed E-state index contributed by atoms with van der Waals surface area (Å²) in [5, 5.41) is 9.10. The minimum atomic E-state index is -1.02. The predicted octanol–water partition coefficient (Wildman–Crippen LogP) is 3.21. The summed E-state index contributed by atoms with van der Waals surface area (Å²) in [5.41, 5.74) is 1.85. The lowest BCUT2D eigenvalue weighted by Gasteiger charge is -2.50. The van der Waals surface area contributed by atoms with Crippen molar-refractivity contribution in [2.24, 2.45) is 11.8 Å². The molecule has 144 valence electrons. The van der Waals surface area contributed by atoms with Crippen molar-refractivity contribution in [3.8, 4) is 5.75 Å². The Kier molecular flexibility index (Phi) is 5.40. The highest BCUT2D eigenvalue weighted by molar-refractivity contribution is 5.92. The summed E-state index contributed by atoms with van der Waals surface area (Å²) in [4.78, 5) is 46.2. The van der Waals surface area contributed by atoms with Crippen molar-refractivity contribution in [2.75, 3.05) is 0 Å². The van der Waals surface area contributed by atoms with Gasteiger partial charge in [-0.1, -0.05) is 24.3 Å². The second-order valence-corrected chi connectivity index (χ2v) is 7.03. The van der Waals surface area contributed by atoms with Crippen molar-refractivity contribution in [3.63, 3.8) is 0 Å². The molecule has 28 heavy (non-hydrogen) atoms. The van der Waals surface area contributed by atoms with Crippen LogP contribution in [0.25, 0.3) is 0 Å². The van der Waals surface area contributed by atoms with E-state index in [2.05, 4.69) is 0 Å². The van der Waals surface area contributed by atoms with E-state index in [-0.39, 0.29) is 29.0 Å². The number of benzene rings is 2. The third-order valence-corrected chi connectivity index (χ3v) is 5.48. The van der Waals surface area contributed by atoms with Crippen LogP contribution in [0.15, 0.2) is 48.5 Å². The van der Waals surface area contributed by atoms with Crippen LogP contribution in [0, 0.1) is 11.8 Å². The molecule has 6 nitrogen and oxygen atoms in total. The number of rotatable bonds is 7. The van der Waals surface area contributed by atoms with Crippen molar-refractivity contribution in [2.45, 2.75) is 25.7 Å². The van der Waals surface area contributed by atoms with E-state index in [0.29, 0.717) is 12.2 Å². The zero-order valence-electron chi connectivity index (χ0n) is 15.5. The number of ketones is 2. The van der Waals surface area contributed by atoms with E-state index in [4.69, 9.17) is 9.84 Å². The van der Waals surface area contributed by atoms with Crippen LogP contribution in [0.5, 0.6) is 5.75 Å². The standard InChI is InChI=1S/C22H20O6/c1-12(24)18-19(13(2)25)21(15-7-9-17(10-8-15)28-11-23)20(18)14-3-5-16(6-4-14)22(26)27/h3-11,18-21H,1-2H3,(H,26,27)/t18-,19?,20+,21-/m1/s1. The molecule has 1 aliphatic rings. The maximum atomic E-state index is 12.3. The first-order valence-electron chi connectivity index (χ1n) is 8.89. The first kappa shape index (κ1) is 19.5. The van der Waals surface area contributed by atoms with Crippen molar-refractivity contribution in [3.05, 3.63) is 65.2 Å². The topological polar surface area (TPSA) is 97.7 Å². The second-order valence-electron chi connectivity index (χ2n) is 7.03. The molecule has 1 unspecified atom stereocenters. The van der Waals surface area contributed by atoms with E-state index in [1.807, 2.05) is 0 Å². The lowest BCUT2D eigenvalue weighted by Crippen LogP contribution is -2.50. The van der Waals surface area contributed by atoms with E-state index < -0.39 is 17.8 Å². The molecule has 1 fully saturated rings. The van der Waals surface area contributed by atoms with Crippen LogP contribution in [0.2, 0.25) is 0 Å². The molecule has 1 N–H and O–H groups in total. The van der Waals surface area contributed by atoms with Gasteiger partial charge in [0.15, 0.2) is 0 Å². The molecule has 0 heterocycles. The van der Waals surface area contributed by atoms with E-state index in [1.165, 1.54) is 26.0 Å². The van der Waals surface area contributed by atoms with Crippen molar-refractivity contribution in [1.29, 1.82) is 0 Å². The quantitative estimate of drug-likeness (QED) is 0.741. The second kappa shape index (κ2) is 7.76. The van der Waals surface area contributed by atoms with Crippen molar-refractivity contribution in [1.82, 2.24) is 0 Å². The highest BCUT2D eigenvalue weighted by atomic mass is 16.5. The van der Waals surface area contributed by atoms with Gasteiger partial charge in [-0.2, -0.15) is 0 Å². The SMILES string of the molecule is CC(=O)C1[C@@H](C(C)=O)[C@H](c2ccc(C(=O)O)cc2)[C@@H]1c1ccc(OC=O)cc1. The number of hydrogen-bond donors (Lipinski definition) is 1. The molecular weight excluding hydrogens is 360 g/mol. The van der Waals surface area contributed by atoms with Gasteiger partial charge in [0.2, 0.25) is 0 Å². The number of carboxylic acids is 1. The average molecular weight is 380 g/mol. The van der Waals surface area contributed by atoms with Gasteiger partial charge >= 0.3 is 5.97 Å². The number of hydrogen-bond acceptors (Lipinski definition) is 5. The fourth-order valence-corrected chi connectivity index (χ4v) is 4.26. The lowest BCUT2D eigenvalue weighted by molar-refractivity contribution is -0.139. The van der Waals surface area contributed by atoms with E-state index >= 15 is 0 Å². The van der Waals surface area contributed by atoms with Crippen LogP contribution >= 0.6 is 0 Å². The van der Waals surface area contributed by atoms with Crippen molar-refractivity contribution >= 4 is 24.0 Å². The molecule has 6 heteroatoms. The fourth-order valence-electron chi connectivity index (χ4n) is 4.26. The number of carbonyl (C=O) groups is 4. The van der Waals surface area contributed by atoms with Crippen molar-refractivity contribution < 1.29 is 29.0 Å². The summed E-state index contributed by atoms with van der Waals surface area (Å²) in [6.07, 6.45) is 0. The summed E-state index contributed by atoms with van der Waals surface area (Å²) in [6.45, 7) is 3.31. The molecule has 0 saturated heterocycles. The van der Waals surface area contributed by atoms with Crippen LogP contribution in [0.1, 0.15) is 47.2 Å². The van der Waals surface area contributed by atoms with Gasteiger partial charge in [-0.05, 0) is 49.2 Å². The summed E-state index contributed by atoms with van der Waals surface area (Å²) in [5.74, 6) is -2.10. The smallest absolute Gasteiger partial charge is 0.335 e. The van der Waals surface area contributed by atoms with Gasteiger partial charge in [-0.3, -0.25) is 14.4 Å². The molecule has 0 bridgehead atoms. The summed E-state index contributed by atoms with van der Waals surface area (Å²) >= 11 is 0. The molecule has 0 spiro atoms. The summed E-state index contributed by atoms with van der Waals surface area (Å²) in [7, 11) is 0. The Morgan fingerprint density at radius 3 is 1.61 bits per heavy atom. The third kappa shape index (κ3) is 3.45. The fraction of sp³-hybridized carbons (Fsp3) is 0.273. The third-order valence-electron chi connectivity index (χ3n) is 5.48. The van der Waals surface area contributed by atoms with Crippen LogP contribution in [-0.4, -0.2) is 29.1 Å². The number of Topliss-reactive ketones (excluding diaryl/α,β-unsaturated/α-hetero) is 2. The molecule has 1 aliphatic carbocycles. The van der Waals surface area contributed by atoms with Gasteiger partial charge in [-0.15, -0.1) is 0 Å². The van der Waals surface area contributed by atoms with Crippen LogP contribution in [0.3, 0.4) is 0 Å². The largest absolute Gasteiger partial charge is 0.478 e. The summed E-state index contributed by atoms with van der Waals surface area (Å²) < 4.78 is 4.82. The lowest BCUT2D eigenvalue weighted by atomic mass is 9.50. The maximum Gasteiger partial charge on any atom is 0.335 e. The molecule has 2 aromatic carbocycles. The monoisotopic (exact) mass is 380 g/mol. The van der Waals surface area contributed by atoms with Crippen LogP contribution in [-0.2, 0) is 14.4 Å². The van der Waals surface area contributed by atoms with Gasteiger partial charge in [0.05, 0.1) is 5.56 Å². The number of aromatic carboxylic acids is 1. The Labute approximate surface area is 162 Å². The van der Waals surface area contributed by atoms with E-state index in [0.717, 1.165) is 11.1 Å². The molecule has 4 atom stereocenters. The number of ether oxygens (including phenoxy) is 1. The molecule has 1 saturated carbocycles. The Morgan fingerprint density at radius 1 is 0.821 bits per heavy atom. The number of carboxylic acid groups (broad SMARTS) is 1. The van der Waals surface area contributed by atoms with E-state index in [1.54, 1.807) is 36.4 Å². The number of carbonyl (C=O) groups excluding carboxylic acids is 3. The predicted molar refractivity (Wildman–Crippen MR) is 100 cm³/mol. The average Bonchev–Trinajstić information content (AvgIpc) is 2.62. The molecular formula is C22H20O6. The molecule has 0 aliphatic heterocycles. The van der Waals surface area contributed by atoms with Gasteiger partial charge in [-0.25, -0.2) is 4.79 Å². The zero-order chi connectivity index (χ0) is 20.4. The first-order valence-corrected chi connectivity index (χ1v) is 8.89. The van der Waals surface area contributed by atoms with Gasteiger partial charge in [0, 0.05) is 23.7 Å².